The number of anilines is 1. The van der Waals surface area contributed by atoms with Crippen LogP contribution in [0.25, 0.3) is 0 Å². The van der Waals surface area contributed by atoms with Crippen molar-refractivity contribution in [2.75, 3.05) is 5.32 Å². The molecule has 0 saturated heterocycles. The second-order valence-corrected chi connectivity index (χ2v) is 6.18. The third-order valence-corrected chi connectivity index (χ3v) is 4.15. The Morgan fingerprint density at radius 2 is 1.67 bits per heavy atom. The predicted molar refractivity (Wildman–Crippen MR) is 88.4 cm³/mol. The number of hydrogen-bond donors (Lipinski definition) is 2. The quantitative estimate of drug-likeness (QED) is 0.837. The fourth-order valence-electron chi connectivity index (χ4n) is 2.44. The highest BCUT2D eigenvalue weighted by molar-refractivity contribution is 9.10. The maximum absolute atomic E-state index is 12.1. The lowest BCUT2D eigenvalue weighted by molar-refractivity contribution is -0.144. The summed E-state index contributed by atoms with van der Waals surface area (Å²) in [7, 11) is 0. The van der Waals surface area contributed by atoms with Gasteiger partial charge in [-0.1, -0.05) is 60.1 Å². The number of carbonyl (C=O) groups is 1. The van der Waals surface area contributed by atoms with Crippen molar-refractivity contribution in [3.05, 3.63) is 64.6 Å². The van der Waals surface area contributed by atoms with Crippen LogP contribution in [0.1, 0.15) is 19.4 Å². The standard InChI is InChI=1S/C17H18BrNO2/c1-12(2)17(16(20)21,13-6-4-3-5-7-13)19-15-10-8-14(18)9-11-15/h3-12,19H,1-2H3,(H,20,21). The molecule has 4 heteroatoms. The monoisotopic (exact) mass is 347 g/mol. The topological polar surface area (TPSA) is 49.3 Å². The molecule has 0 aliphatic carbocycles. The molecule has 0 bridgehead atoms. The van der Waals surface area contributed by atoms with E-state index in [2.05, 4.69) is 21.2 Å². The van der Waals surface area contributed by atoms with E-state index in [4.69, 9.17) is 0 Å². The summed E-state index contributed by atoms with van der Waals surface area (Å²) in [6.07, 6.45) is 0. The fourth-order valence-corrected chi connectivity index (χ4v) is 2.70. The molecular formula is C17H18BrNO2. The van der Waals surface area contributed by atoms with Crippen molar-refractivity contribution in [2.45, 2.75) is 19.4 Å². The third-order valence-electron chi connectivity index (χ3n) is 3.62. The summed E-state index contributed by atoms with van der Waals surface area (Å²) in [6.45, 7) is 3.82. The molecule has 2 aromatic carbocycles. The SMILES string of the molecule is CC(C)C(Nc1ccc(Br)cc1)(C(=O)O)c1ccccc1. The zero-order valence-corrected chi connectivity index (χ0v) is 13.6. The Hall–Kier alpha value is -1.81. The molecule has 3 nitrogen and oxygen atoms in total. The summed E-state index contributed by atoms with van der Waals surface area (Å²) in [5, 5.41) is 13.1. The number of carboxylic acid groups (broad SMARTS) is 1. The molecule has 0 aromatic heterocycles. The lowest BCUT2D eigenvalue weighted by Crippen LogP contribution is -2.48. The molecule has 0 radical (unpaired) electrons. The first-order valence-electron chi connectivity index (χ1n) is 6.79. The van der Waals surface area contributed by atoms with E-state index in [1.165, 1.54) is 0 Å². The van der Waals surface area contributed by atoms with E-state index in [9.17, 15) is 9.90 Å². The summed E-state index contributed by atoms with van der Waals surface area (Å²) in [5.74, 6) is -1.01. The van der Waals surface area contributed by atoms with E-state index < -0.39 is 11.5 Å². The van der Waals surface area contributed by atoms with Crippen molar-refractivity contribution in [3.63, 3.8) is 0 Å². The van der Waals surface area contributed by atoms with E-state index in [1.54, 1.807) is 0 Å². The second-order valence-electron chi connectivity index (χ2n) is 5.27. The Morgan fingerprint density at radius 1 is 1.10 bits per heavy atom. The number of benzene rings is 2. The van der Waals surface area contributed by atoms with Gasteiger partial charge < -0.3 is 10.4 Å². The molecule has 1 atom stereocenters. The first kappa shape index (κ1) is 15.6. The van der Waals surface area contributed by atoms with Crippen LogP contribution in [0.3, 0.4) is 0 Å². The zero-order chi connectivity index (χ0) is 15.5. The smallest absolute Gasteiger partial charge is 0.334 e. The van der Waals surface area contributed by atoms with Gasteiger partial charge in [-0.25, -0.2) is 4.79 Å². The third kappa shape index (κ3) is 3.10. The van der Waals surface area contributed by atoms with Crippen LogP contribution >= 0.6 is 15.9 Å². The van der Waals surface area contributed by atoms with Crippen molar-refractivity contribution in [1.82, 2.24) is 0 Å². The van der Waals surface area contributed by atoms with Crippen LogP contribution in [0, 0.1) is 5.92 Å². The maximum atomic E-state index is 12.1. The molecule has 21 heavy (non-hydrogen) atoms. The van der Waals surface area contributed by atoms with Gasteiger partial charge in [0.15, 0.2) is 5.54 Å². The highest BCUT2D eigenvalue weighted by atomic mass is 79.9. The van der Waals surface area contributed by atoms with Crippen LogP contribution in [-0.4, -0.2) is 11.1 Å². The molecule has 0 spiro atoms. The molecule has 2 aromatic rings. The van der Waals surface area contributed by atoms with Gasteiger partial charge in [-0.15, -0.1) is 0 Å². The number of nitrogens with one attached hydrogen (secondary N) is 1. The molecule has 1 unspecified atom stereocenters. The Morgan fingerprint density at radius 3 is 2.14 bits per heavy atom. The minimum Gasteiger partial charge on any atom is -0.479 e. The molecule has 0 heterocycles. The molecule has 110 valence electrons. The largest absolute Gasteiger partial charge is 0.479 e. The van der Waals surface area contributed by atoms with Crippen molar-refractivity contribution in [1.29, 1.82) is 0 Å². The highest BCUT2D eigenvalue weighted by Crippen LogP contribution is 2.34. The molecule has 0 amide bonds. The van der Waals surface area contributed by atoms with Crippen molar-refractivity contribution in [3.8, 4) is 0 Å². The maximum Gasteiger partial charge on any atom is 0.334 e. The van der Waals surface area contributed by atoms with Gasteiger partial charge in [0.2, 0.25) is 0 Å². The molecule has 0 aliphatic heterocycles. The van der Waals surface area contributed by atoms with Crippen molar-refractivity contribution in [2.24, 2.45) is 5.92 Å². The van der Waals surface area contributed by atoms with Crippen LogP contribution in [0.15, 0.2) is 59.1 Å². The summed E-state index contributed by atoms with van der Waals surface area (Å²) >= 11 is 3.38. The molecule has 2 N–H and O–H groups in total. The summed E-state index contributed by atoms with van der Waals surface area (Å²) < 4.78 is 0.957. The average Bonchev–Trinajstić information content (AvgIpc) is 2.47. The van der Waals surface area contributed by atoms with Gasteiger partial charge >= 0.3 is 5.97 Å². The minimum atomic E-state index is -1.16. The minimum absolute atomic E-state index is 0.124. The lowest BCUT2D eigenvalue weighted by atomic mass is 9.79. The van der Waals surface area contributed by atoms with Crippen LogP contribution in [0.4, 0.5) is 5.69 Å². The highest BCUT2D eigenvalue weighted by Gasteiger charge is 2.43. The Labute approximate surface area is 133 Å². The van der Waals surface area contributed by atoms with Crippen LogP contribution in [0.2, 0.25) is 0 Å². The predicted octanol–water partition coefficient (Wildman–Crippen LogP) is 4.50. The first-order chi connectivity index (χ1) is 9.96. The van der Waals surface area contributed by atoms with E-state index in [-0.39, 0.29) is 5.92 Å². The van der Waals surface area contributed by atoms with E-state index in [0.717, 1.165) is 15.7 Å². The van der Waals surface area contributed by atoms with E-state index >= 15 is 0 Å². The number of rotatable bonds is 5. The lowest BCUT2D eigenvalue weighted by Gasteiger charge is -2.35. The number of halogens is 1. The van der Waals surface area contributed by atoms with Crippen LogP contribution < -0.4 is 5.32 Å². The first-order valence-corrected chi connectivity index (χ1v) is 7.59. The summed E-state index contributed by atoms with van der Waals surface area (Å²) in [4.78, 5) is 12.1. The Kier molecular flexibility index (Phi) is 4.68. The Balaban J connectivity index is 2.50. The van der Waals surface area contributed by atoms with Crippen LogP contribution in [-0.2, 0) is 10.3 Å². The number of aliphatic carboxylic acids is 1. The van der Waals surface area contributed by atoms with Gasteiger partial charge in [0.1, 0.15) is 0 Å². The molecular weight excluding hydrogens is 330 g/mol. The molecule has 0 saturated carbocycles. The van der Waals surface area contributed by atoms with Gasteiger partial charge in [-0.05, 0) is 35.7 Å². The molecule has 2 rings (SSSR count). The van der Waals surface area contributed by atoms with Gasteiger partial charge in [0.05, 0.1) is 0 Å². The normalized spacial score (nSPS) is 13.7. The van der Waals surface area contributed by atoms with E-state index in [0.29, 0.717) is 0 Å². The van der Waals surface area contributed by atoms with Gasteiger partial charge in [-0.3, -0.25) is 0 Å². The Bertz CT molecular complexity index is 610. The van der Waals surface area contributed by atoms with Gasteiger partial charge in [0.25, 0.3) is 0 Å². The molecule has 0 aliphatic rings. The number of carboxylic acids is 1. The van der Waals surface area contributed by atoms with Gasteiger partial charge in [-0.2, -0.15) is 0 Å². The van der Waals surface area contributed by atoms with E-state index in [1.807, 2.05) is 68.4 Å². The van der Waals surface area contributed by atoms with Crippen molar-refractivity contribution >= 4 is 27.6 Å². The molecule has 0 fully saturated rings. The summed E-state index contributed by atoms with van der Waals surface area (Å²) in [5.41, 5.74) is 0.364. The fraction of sp³-hybridized carbons (Fsp3) is 0.235. The zero-order valence-electron chi connectivity index (χ0n) is 12.0. The van der Waals surface area contributed by atoms with Gasteiger partial charge in [0, 0.05) is 10.2 Å². The second kappa shape index (κ2) is 6.31. The van der Waals surface area contributed by atoms with Crippen molar-refractivity contribution < 1.29 is 9.90 Å². The summed E-state index contributed by atoms with van der Waals surface area (Å²) in [6, 6.07) is 16.8. The number of hydrogen-bond acceptors (Lipinski definition) is 2. The van der Waals surface area contributed by atoms with Crippen LogP contribution in [0.5, 0.6) is 0 Å². The average molecular weight is 348 g/mol.